The fourth-order valence-electron chi connectivity index (χ4n) is 2.23. The van der Waals surface area contributed by atoms with Gasteiger partial charge in [0, 0.05) is 5.92 Å². The molecule has 1 atom stereocenters. The topological polar surface area (TPSA) is 20.2 Å². The number of aliphatic hydroxyl groups excluding tert-OH is 1. The van der Waals surface area contributed by atoms with Crippen LogP contribution in [0.4, 0.5) is 8.78 Å². The molecule has 0 aromatic heterocycles. The third kappa shape index (κ3) is 3.18. The van der Waals surface area contributed by atoms with E-state index in [0.717, 1.165) is 11.1 Å². The first kappa shape index (κ1) is 13.7. The molecule has 0 spiro atoms. The van der Waals surface area contributed by atoms with Crippen molar-refractivity contribution in [1.29, 1.82) is 0 Å². The molecule has 0 aliphatic heterocycles. The highest BCUT2D eigenvalue weighted by atomic mass is 19.1. The van der Waals surface area contributed by atoms with Gasteiger partial charge >= 0.3 is 0 Å². The average molecular weight is 262 g/mol. The second-order valence-corrected chi connectivity index (χ2v) is 4.68. The SMILES string of the molecule is Cc1cc(F)ccc1CC(CO)c1ccccc1F. The highest BCUT2D eigenvalue weighted by molar-refractivity contribution is 5.30. The van der Waals surface area contributed by atoms with Crippen LogP contribution in [-0.4, -0.2) is 11.7 Å². The van der Waals surface area contributed by atoms with Crippen molar-refractivity contribution in [3.8, 4) is 0 Å². The van der Waals surface area contributed by atoms with Crippen molar-refractivity contribution < 1.29 is 13.9 Å². The van der Waals surface area contributed by atoms with Gasteiger partial charge in [-0.15, -0.1) is 0 Å². The van der Waals surface area contributed by atoms with Crippen LogP contribution in [0.5, 0.6) is 0 Å². The number of aliphatic hydroxyl groups is 1. The third-order valence-electron chi connectivity index (χ3n) is 3.34. The quantitative estimate of drug-likeness (QED) is 0.892. The maximum absolute atomic E-state index is 13.7. The van der Waals surface area contributed by atoms with Gasteiger partial charge in [0.25, 0.3) is 0 Å². The monoisotopic (exact) mass is 262 g/mol. The summed E-state index contributed by atoms with van der Waals surface area (Å²) in [4.78, 5) is 0. The van der Waals surface area contributed by atoms with Crippen molar-refractivity contribution >= 4 is 0 Å². The zero-order chi connectivity index (χ0) is 13.8. The minimum atomic E-state index is -0.318. The Hall–Kier alpha value is -1.74. The van der Waals surface area contributed by atoms with E-state index in [1.807, 2.05) is 6.92 Å². The van der Waals surface area contributed by atoms with Crippen LogP contribution < -0.4 is 0 Å². The van der Waals surface area contributed by atoms with Crippen molar-refractivity contribution in [3.63, 3.8) is 0 Å². The summed E-state index contributed by atoms with van der Waals surface area (Å²) >= 11 is 0. The molecule has 2 aromatic carbocycles. The van der Waals surface area contributed by atoms with Crippen LogP contribution in [0.25, 0.3) is 0 Å². The van der Waals surface area contributed by atoms with Gasteiger partial charge in [0.05, 0.1) is 6.61 Å². The lowest BCUT2D eigenvalue weighted by Crippen LogP contribution is -2.10. The zero-order valence-electron chi connectivity index (χ0n) is 10.7. The lowest BCUT2D eigenvalue weighted by molar-refractivity contribution is 0.261. The summed E-state index contributed by atoms with van der Waals surface area (Å²) in [6.45, 7) is 1.67. The fraction of sp³-hybridized carbons (Fsp3) is 0.250. The largest absolute Gasteiger partial charge is 0.396 e. The van der Waals surface area contributed by atoms with Gasteiger partial charge in [0.15, 0.2) is 0 Å². The third-order valence-corrected chi connectivity index (χ3v) is 3.34. The predicted octanol–water partition coefficient (Wildman–Crippen LogP) is 3.59. The summed E-state index contributed by atoms with van der Waals surface area (Å²) < 4.78 is 26.8. The lowest BCUT2D eigenvalue weighted by atomic mass is 9.90. The van der Waals surface area contributed by atoms with Gasteiger partial charge in [-0.25, -0.2) is 8.78 Å². The molecule has 1 N–H and O–H groups in total. The van der Waals surface area contributed by atoms with E-state index >= 15 is 0 Å². The maximum Gasteiger partial charge on any atom is 0.126 e. The molecule has 2 aromatic rings. The Labute approximate surface area is 111 Å². The predicted molar refractivity (Wildman–Crippen MR) is 71.1 cm³/mol. The fourth-order valence-corrected chi connectivity index (χ4v) is 2.23. The maximum atomic E-state index is 13.7. The van der Waals surface area contributed by atoms with Gasteiger partial charge < -0.3 is 5.11 Å². The summed E-state index contributed by atoms with van der Waals surface area (Å²) in [5, 5.41) is 9.47. The van der Waals surface area contributed by atoms with E-state index in [1.54, 1.807) is 24.3 Å². The minimum absolute atomic E-state index is 0.141. The first-order chi connectivity index (χ1) is 9.11. The van der Waals surface area contributed by atoms with Crippen molar-refractivity contribution in [3.05, 3.63) is 70.8 Å². The van der Waals surface area contributed by atoms with E-state index in [4.69, 9.17) is 0 Å². The molecule has 3 heteroatoms. The molecule has 1 nitrogen and oxygen atoms in total. The van der Waals surface area contributed by atoms with E-state index in [2.05, 4.69) is 0 Å². The van der Waals surface area contributed by atoms with Crippen LogP contribution >= 0.6 is 0 Å². The van der Waals surface area contributed by atoms with Gasteiger partial charge in [-0.05, 0) is 48.2 Å². The molecule has 19 heavy (non-hydrogen) atoms. The van der Waals surface area contributed by atoms with Gasteiger partial charge in [-0.2, -0.15) is 0 Å². The molecular formula is C16H16F2O. The second kappa shape index (κ2) is 5.93. The highest BCUT2D eigenvalue weighted by Crippen LogP contribution is 2.24. The molecule has 0 amide bonds. The normalized spacial score (nSPS) is 12.4. The Morgan fingerprint density at radius 2 is 1.84 bits per heavy atom. The van der Waals surface area contributed by atoms with Crippen LogP contribution in [0.2, 0.25) is 0 Å². The van der Waals surface area contributed by atoms with Crippen molar-refractivity contribution in [2.75, 3.05) is 6.61 Å². The number of benzene rings is 2. The van der Waals surface area contributed by atoms with Gasteiger partial charge in [0.1, 0.15) is 11.6 Å². The summed E-state index contributed by atoms with van der Waals surface area (Å²) in [6.07, 6.45) is 0.490. The highest BCUT2D eigenvalue weighted by Gasteiger charge is 2.16. The van der Waals surface area contributed by atoms with Crippen LogP contribution in [0.1, 0.15) is 22.6 Å². The Bertz CT molecular complexity index is 566. The molecule has 0 saturated carbocycles. The van der Waals surface area contributed by atoms with E-state index in [1.165, 1.54) is 18.2 Å². The molecular weight excluding hydrogens is 246 g/mol. The van der Waals surface area contributed by atoms with E-state index in [0.29, 0.717) is 12.0 Å². The molecule has 0 fully saturated rings. The van der Waals surface area contributed by atoms with Crippen molar-refractivity contribution in [1.82, 2.24) is 0 Å². The summed E-state index contributed by atoms with van der Waals surface area (Å²) in [5.41, 5.74) is 2.23. The van der Waals surface area contributed by atoms with Crippen molar-refractivity contribution in [2.24, 2.45) is 0 Å². The Morgan fingerprint density at radius 1 is 1.11 bits per heavy atom. The summed E-state index contributed by atoms with van der Waals surface area (Å²) in [5.74, 6) is -0.917. The molecule has 1 unspecified atom stereocenters. The lowest BCUT2D eigenvalue weighted by Gasteiger charge is -2.17. The molecule has 0 bridgehead atoms. The number of hydrogen-bond donors (Lipinski definition) is 1. The molecule has 0 aliphatic rings. The number of hydrogen-bond acceptors (Lipinski definition) is 1. The summed E-state index contributed by atoms with van der Waals surface area (Å²) in [6, 6.07) is 11.0. The molecule has 0 aliphatic carbocycles. The van der Waals surface area contributed by atoms with E-state index in [9.17, 15) is 13.9 Å². The van der Waals surface area contributed by atoms with Crippen LogP contribution in [-0.2, 0) is 6.42 Å². The molecule has 0 radical (unpaired) electrons. The number of halogens is 2. The van der Waals surface area contributed by atoms with Gasteiger partial charge in [-0.3, -0.25) is 0 Å². The van der Waals surface area contributed by atoms with Crippen LogP contribution in [0, 0.1) is 18.6 Å². The van der Waals surface area contributed by atoms with Crippen molar-refractivity contribution in [2.45, 2.75) is 19.3 Å². The van der Waals surface area contributed by atoms with Gasteiger partial charge in [0.2, 0.25) is 0 Å². The second-order valence-electron chi connectivity index (χ2n) is 4.68. The Balaban J connectivity index is 2.27. The van der Waals surface area contributed by atoms with Gasteiger partial charge in [-0.1, -0.05) is 24.3 Å². The summed E-state index contributed by atoms with van der Waals surface area (Å²) in [7, 11) is 0. The molecule has 0 heterocycles. The van der Waals surface area contributed by atoms with E-state index in [-0.39, 0.29) is 24.2 Å². The molecule has 0 saturated heterocycles. The first-order valence-corrected chi connectivity index (χ1v) is 6.22. The Morgan fingerprint density at radius 3 is 2.47 bits per heavy atom. The standard InChI is InChI=1S/C16H16F2O/c1-11-8-14(17)7-6-12(11)9-13(10-19)15-4-2-3-5-16(15)18/h2-8,13,19H,9-10H2,1H3. The number of aryl methyl sites for hydroxylation is 1. The molecule has 2 rings (SSSR count). The first-order valence-electron chi connectivity index (χ1n) is 6.22. The number of rotatable bonds is 4. The van der Waals surface area contributed by atoms with Crippen LogP contribution in [0.3, 0.4) is 0 Å². The smallest absolute Gasteiger partial charge is 0.126 e. The van der Waals surface area contributed by atoms with E-state index < -0.39 is 0 Å². The molecule has 100 valence electrons. The zero-order valence-corrected chi connectivity index (χ0v) is 10.7. The minimum Gasteiger partial charge on any atom is -0.396 e. The Kier molecular flexibility index (Phi) is 4.27. The average Bonchev–Trinajstić information content (AvgIpc) is 2.39. The van der Waals surface area contributed by atoms with Crippen LogP contribution in [0.15, 0.2) is 42.5 Å².